The van der Waals surface area contributed by atoms with Crippen LogP contribution in [0.15, 0.2) is 59.5 Å². The van der Waals surface area contributed by atoms with Gasteiger partial charge in [0.2, 0.25) is 0 Å². The molecule has 0 aromatic heterocycles. The van der Waals surface area contributed by atoms with Crippen LogP contribution in [-0.2, 0) is 16.0 Å². The second kappa shape index (κ2) is 8.03. The topological polar surface area (TPSA) is 60.4 Å². The van der Waals surface area contributed by atoms with E-state index < -0.39 is 17.9 Å². The van der Waals surface area contributed by atoms with Crippen molar-refractivity contribution in [2.75, 3.05) is 0 Å². The molecule has 1 aliphatic rings. The Morgan fingerprint density at radius 3 is 2.50 bits per heavy atom. The Morgan fingerprint density at radius 1 is 1.19 bits per heavy atom. The van der Waals surface area contributed by atoms with E-state index in [0.29, 0.717) is 15.5 Å². The number of aliphatic carboxylic acids is 1. The minimum atomic E-state index is -1.34. The van der Waals surface area contributed by atoms with Crippen LogP contribution in [0.25, 0.3) is 6.08 Å². The van der Waals surface area contributed by atoms with Crippen LogP contribution in [-0.4, -0.2) is 27.1 Å². The van der Waals surface area contributed by atoms with E-state index in [0.717, 1.165) is 22.2 Å². The molecule has 0 radical (unpaired) electrons. The first-order chi connectivity index (χ1) is 12.5. The van der Waals surface area contributed by atoms with E-state index in [9.17, 15) is 14.7 Å². The fraction of sp³-hybridized carbons (Fsp3) is 0.105. The third-order valence-corrected chi connectivity index (χ3v) is 5.55. The minimum absolute atomic E-state index is 0.120. The van der Waals surface area contributed by atoms with Crippen LogP contribution in [0.3, 0.4) is 0 Å². The van der Waals surface area contributed by atoms with Crippen molar-refractivity contribution in [2.24, 2.45) is 0 Å². The van der Waals surface area contributed by atoms with Gasteiger partial charge in [0.05, 0.1) is 16.9 Å². The Labute approximate surface area is 165 Å². The van der Waals surface area contributed by atoms with E-state index in [1.807, 2.05) is 18.2 Å². The number of rotatable bonds is 5. The molecule has 1 heterocycles. The van der Waals surface area contributed by atoms with Gasteiger partial charge < -0.3 is 9.90 Å². The van der Waals surface area contributed by atoms with Gasteiger partial charge in [0.25, 0.3) is 5.91 Å². The number of nitrogens with zero attached hydrogens (tertiary/aromatic N) is 1. The number of carboxylic acid groups (broad SMARTS) is 1. The highest BCUT2D eigenvalue weighted by molar-refractivity contribution is 8.26. The molecule has 1 saturated heterocycles. The zero-order valence-electron chi connectivity index (χ0n) is 13.4. The number of benzene rings is 2. The molecule has 1 fully saturated rings. The summed E-state index contributed by atoms with van der Waals surface area (Å²) in [4.78, 5) is 25.9. The van der Waals surface area contributed by atoms with Gasteiger partial charge in [0, 0.05) is 5.02 Å². The van der Waals surface area contributed by atoms with Gasteiger partial charge in [0.1, 0.15) is 4.32 Å². The van der Waals surface area contributed by atoms with E-state index in [2.05, 4.69) is 0 Å². The summed E-state index contributed by atoms with van der Waals surface area (Å²) in [5, 5.41) is 12.2. The van der Waals surface area contributed by atoms with Gasteiger partial charge >= 0.3 is 0 Å². The van der Waals surface area contributed by atoms with Gasteiger partial charge in [0.15, 0.2) is 0 Å². The predicted molar refractivity (Wildman–Crippen MR) is 105 cm³/mol. The zero-order valence-corrected chi connectivity index (χ0v) is 15.8. The Morgan fingerprint density at radius 2 is 1.85 bits per heavy atom. The monoisotopic (exact) mass is 402 g/mol. The summed E-state index contributed by atoms with van der Waals surface area (Å²) in [6, 6.07) is 15.0. The maximum absolute atomic E-state index is 12.8. The second-order valence-electron chi connectivity index (χ2n) is 5.60. The molecule has 7 heteroatoms. The molecule has 2 aromatic carbocycles. The Kier molecular flexibility index (Phi) is 5.76. The molecule has 0 saturated carbocycles. The van der Waals surface area contributed by atoms with E-state index in [-0.39, 0.29) is 10.7 Å². The molecule has 132 valence electrons. The number of hydrogen-bond acceptors (Lipinski definition) is 5. The lowest BCUT2D eigenvalue weighted by atomic mass is 10.0. The molecule has 1 unspecified atom stereocenters. The molecule has 1 amide bonds. The van der Waals surface area contributed by atoms with Gasteiger partial charge in [-0.2, -0.15) is 0 Å². The molecule has 0 N–H and O–H groups in total. The largest absolute Gasteiger partial charge is 0.548 e. The van der Waals surface area contributed by atoms with Crippen LogP contribution in [0.1, 0.15) is 11.1 Å². The molecular formula is C19H13ClNO3S2-. The van der Waals surface area contributed by atoms with Crippen molar-refractivity contribution in [3.8, 4) is 0 Å². The molecule has 1 aliphatic heterocycles. The molecule has 4 nitrogen and oxygen atoms in total. The number of carbonyl (C=O) groups excluding carboxylic acids is 2. The van der Waals surface area contributed by atoms with Gasteiger partial charge in [-0.05, 0) is 29.7 Å². The summed E-state index contributed by atoms with van der Waals surface area (Å²) in [6.07, 6.45) is 1.74. The fourth-order valence-electron chi connectivity index (χ4n) is 2.60. The summed E-state index contributed by atoms with van der Waals surface area (Å²) in [6.45, 7) is 0. The van der Waals surface area contributed by atoms with Crippen molar-refractivity contribution in [1.29, 1.82) is 0 Å². The molecule has 0 bridgehead atoms. The number of carboxylic acids is 1. The molecule has 2 aromatic rings. The highest BCUT2D eigenvalue weighted by Gasteiger charge is 2.37. The smallest absolute Gasteiger partial charge is 0.266 e. The van der Waals surface area contributed by atoms with Crippen molar-refractivity contribution in [2.45, 2.75) is 12.5 Å². The van der Waals surface area contributed by atoms with Crippen molar-refractivity contribution in [3.05, 3.63) is 75.7 Å². The number of hydrogen-bond donors (Lipinski definition) is 0. The summed E-state index contributed by atoms with van der Waals surface area (Å²) >= 11 is 12.4. The minimum Gasteiger partial charge on any atom is -0.548 e. The second-order valence-corrected chi connectivity index (χ2v) is 7.68. The lowest BCUT2D eigenvalue weighted by molar-refractivity contribution is -0.310. The van der Waals surface area contributed by atoms with Crippen LogP contribution in [0, 0.1) is 0 Å². The molecule has 1 atom stereocenters. The standard InChI is InChI=1S/C19H14ClNO3S2/c20-14-9-5-4-8-13(14)11-16-17(22)21(19(25)26-16)15(18(23)24)10-12-6-2-1-3-7-12/h1-9,11,15H,10H2,(H,23,24)/p-1. The lowest BCUT2D eigenvalue weighted by Gasteiger charge is -2.27. The van der Waals surface area contributed by atoms with Crippen molar-refractivity contribution < 1.29 is 14.7 Å². The first-order valence-electron chi connectivity index (χ1n) is 7.74. The average molecular weight is 403 g/mol. The van der Waals surface area contributed by atoms with Gasteiger partial charge in [-0.1, -0.05) is 84.1 Å². The highest BCUT2D eigenvalue weighted by Crippen LogP contribution is 2.35. The maximum atomic E-state index is 12.8. The molecule has 3 rings (SSSR count). The molecule has 0 spiro atoms. The first kappa shape index (κ1) is 18.6. The summed E-state index contributed by atoms with van der Waals surface area (Å²) in [5.74, 6) is -1.80. The molecule has 0 aliphatic carbocycles. The highest BCUT2D eigenvalue weighted by atomic mass is 35.5. The third-order valence-electron chi connectivity index (χ3n) is 3.87. The summed E-state index contributed by atoms with van der Waals surface area (Å²) in [5.41, 5.74) is 1.45. The van der Waals surface area contributed by atoms with E-state index in [4.69, 9.17) is 23.8 Å². The first-order valence-corrected chi connectivity index (χ1v) is 9.34. The lowest BCUT2D eigenvalue weighted by Crippen LogP contribution is -2.51. The van der Waals surface area contributed by atoms with Crippen molar-refractivity contribution >= 4 is 57.9 Å². The third kappa shape index (κ3) is 3.98. The Hall–Kier alpha value is -2.15. The fourth-order valence-corrected chi connectivity index (χ4v) is 4.14. The molecular weight excluding hydrogens is 390 g/mol. The number of halogens is 1. The Bertz CT molecular complexity index is 899. The van der Waals surface area contributed by atoms with Crippen LogP contribution in [0.5, 0.6) is 0 Å². The Balaban J connectivity index is 1.89. The van der Waals surface area contributed by atoms with E-state index in [1.165, 1.54) is 0 Å². The van der Waals surface area contributed by atoms with Gasteiger partial charge in [-0.15, -0.1) is 0 Å². The maximum Gasteiger partial charge on any atom is 0.266 e. The number of thiocarbonyl (C=S) groups is 1. The van der Waals surface area contributed by atoms with E-state index in [1.54, 1.807) is 42.5 Å². The normalized spacial score (nSPS) is 17.0. The number of amides is 1. The average Bonchev–Trinajstić information content (AvgIpc) is 2.89. The number of carbonyl (C=O) groups is 2. The van der Waals surface area contributed by atoms with Crippen LogP contribution in [0.4, 0.5) is 0 Å². The quantitative estimate of drug-likeness (QED) is 0.568. The van der Waals surface area contributed by atoms with Gasteiger partial charge in [-0.3, -0.25) is 9.69 Å². The van der Waals surface area contributed by atoms with Crippen LogP contribution >= 0.6 is 35.6 Å². The van der Waals surface area contributed by atoms with Crippen molar-refractivity contribution in [1.82, 2.24) is 4.90 Å². The molecule has 26 heavy (non-hydrogen) atoms. The number of thioether (sulfide) groups is 1. The zero-order chi connectivity index (χ0) is 18.7. The summed E-state index contributed by atoms with van der Waals surface area (Å²) < 4.78 is 0.193. The predicted octanol–water partition coefficient (Wildman–Crippen LogP) is 2.90. The summed E-state index contributed by atoms with van der Waals surface area (Å²) in [7, 11) is 0. The van der Waals surface area contributed by atoms with Gasteiger partial charge in [-0.25, -0.2) is 0 Å². The van der Waals surface area contributed by atoms with Crippen LogP contribution in [0.2, 0.25) is 5.02 Å². The SMILES string of the molecule is O=C([O-])C(Cc1ccccc1)N1C(=O)C(=Cc2ccccc2Cl)SC1=S. The van der Waals surface area contributed by atoms with Crippen molar-refractivity contribution in [3.63, 3.8) is 0 Å². The van der Waals surface area contributed by atoms with E-state index >= 15 is 0 Å². The van der Waals surface area contributed by atoms with Crippen LogP contribution < -0.4 is 5.11 Å².